The van der Waals surface area contributed by atoms with Gasteiger partial charge in [-0.15, -0.1) is 0 Å². The molecule has 0 aliphatic carbocycles. The van der Waals surface area contributed by atoms with Crippen molar-refractivity contribution in [2.75, 3.05) is 5.75 Å². The van der Waals surface area contributed by atoms with Crippen molar-refractivity contribution in [2.45, 2.75) is 199 Å². The molecule has 44 heavy (non-hydrogen) atoms. The SMILES string of the molecule is CCCCCCCC/C=C/C(O)C(CS(=O)(=O)O)NC(=O)CCCCCCCCCCC/C=C\CCCCCCCCCC. The van der Waals surface area contributed by atoms with E-state index >= 15 is 0 Å². The van der Waals surface area contributed by atoms with E-state index in [-0.39, 0.29) is 5.91 Å². The predicted octanol–water partition coefficient (Wildman–Crippen LogP) is 10.4. The first-order valence-electron chi connectivity index (χ1n) is 18.5. The van der Waals surface area contributed by atoms with E-state index in [4.69, 9.17) is 0 Å². The minimum absolute atomic E-state index is 0.283. The molecule has 1 amide bonds. The Morgan fingerprint density at radius 2 is 0.955 bits per heavy atom. The van der Waals surface area contributed by atoms with E-state index in [0.717, 1.165) is 38.5 Å². The second kappa shape index (κ2) is 31.8. The van der Waals surface area contributed by atoms with Gasteiger partial charge in [-0.1, -0.05) is 160 Å². The monoisotopic (exact) mass is 642 g/mol. The zero-order valence-electron chi connectivity index (χ0n) is 28.8. The number of carbonyl (C=O) groups is 1. The summed E-state index contributed by atoms with van der Waals surface area (Å²) in [6.07, 6.45) is 38.9. The van der Waals surface area contributed by atoms with Crippen LogP contribution < -0.4 is 5.32 Å². The molecule has 0 heterocycles. The molecule has 0 saturated carbocycles. The molecule has 2 unspecified atom stereocenters. The van der Waals surface area contributed by atoms with Crippen LogP contribution in [0.3, 0.4) is 0 Å². The normalized spacial score (nSPS) is 13.6. The van der Waals surface area contributed by atoms with Gasteiger partial charge in [0.1, 0.15) is 0 Å². The summed E-state index contributed by atoms with van der Waals surface area (Å²) in [6.45, 7) is 4.46. The average Bonchev–Trinajstić information content (AvgIpc) is 2.98. The number of aliphatic hydroxyl groups excluding tert-OH is 1. The van der Waals surface area contributed by atoms with Crippen LogP contribution in [-0.4, -0.2) is 41.9 Å². The number of allylic oxidation sites excluding steroid dienone is 3. The molecule has 3 N–H and O–H groups in total. The molecule has 0 fully saturated rings. The van der Waals surface area contributed by atoms with Crippen LogP contribution in [0, 0.1) is 0 Å². The highest BCUT2D eigenvalue weighted by atomic mass is 32.2. The lowest BCUT2D eigenvalue weighted by Gasteiger charge is -2.21. The van der Waals surface area contributed by atoms with Gasteiger partial charge in [-0.3, -0.25) is 9.35 Å². The van der Waals surface area contributed by atoms with Crippen molar-refractivity contribution in [3.63, 3.8) is 0 Å². The first-order valence-corrected chi connectivity index (χ1v) is 20.1. The van der Waals surface area contributed by atoms with Crippen LogP contribution >= 0.6 is 0 Å². The van der Waals surface area contributed by atoms with Crippen molar-refractivity contribution in [3.05, 3.63) is 24.3 Å². The first-order chi connectivity index (χ1) is 21.3. The molecule has 6 nitrogen and oxygen atoms in total. The highest BCUT2D eigenvalue weighted by Gasteiger charge is 2.24. The van der Waals surface area contributed by atoms with Crippen molar-refractivity contribution >= 4 is 16.0 Å². The van der Waals surface area contributed by atoms with E-state index in [1.165, 1.54) is 134 Å². The maximum atomic E-state index is 12.4. The highest BCUT2D eigenvalue weighted by Crippen LogP contribution is 2.13. The fourth-order valence-corrected chi connectivity index (χ4v) is 6.30. The van der Waals surface area contributed by atoms with Gasteiger partial charge >= 0.3 is 0 Å². The van der Waals surface area contributed by atoms with E-state index in [1.807, 2.05) is 6.08 Å². The number of aliphatic hydroxyl groups is 1. The van der Waals surface area contributed by atoms with E-state index in [2.05, 4.69) is 31.3 Å². The predicted molar refractivity (Wildman–Crippen MR) is 189 cm³/mol. The lowest BCUT2D eigenvalue weighted by Crippen LogP contribution is -2.46. The zero-order chi connectivity index (χ0) is 32.6. The summed E-state index contributed by atoms with van der Waals surface area (Å²) in [5.74, 6) is -0.981. The van der Waals surface area contributed by atoms with Crippen LogP contribution in [-0.2, 0) is 14.9 Å². The van der Waals surface area contributed by atoms with Crippen molar-refractivity contribution in [1.29, 1.82) is 0 Å². The van der Waals surface area contributed by atoms with E-state index in [0.29, 0.717) is 6.42 Å². The molecule has 2 atom stereocenters. The molecule has 0 radical (unpaired) electrons. The van der Waals surface area contributed by atoms with Gasteiger partial charge in [-0.2, -0.15) is 8.42 Å². The Hall–Kier alpha value is -1.18. The van der Waals surface area contributed by atoms with Gasteiger partial charge in [-0.05, 0) is 44.9 Å². The number of amides is 1. The Kier molecular flexibility index (Phi) is 30.9. The van der Waals surface area contributed by atoms with E-state index < -0.39 is 28.0 Å². The maximum Gasteiger partial charge on any atom is 0.267 e. The summed E-state index contributed by atoms with van der Waals surface area (Å²) in [4.78, 5) is 12.4. The van der Waals surface area contributed by atoms with Gasteiger partial charge in [0.2, 0.25) is 5.91 Å². The quantitative estimate of drug-likeness (QED) is 0.0376. The Morgan fingerprint density at radius 3 is 1.36 bits per heavy atom. The molecule has 0 aromatic carbocycles. The Bertz CT molecular complexity index is 796. The van der Waals surface area contributed by atoms with Crippen molar-refractivity contribution in [3.8, 4) is 0 Å². The third-order valence-corrected chi connectivity index (χ3v) is 9.15. The van der Waals surface area contributed by atoms with Gasteiger partial charge in [0, 0.05) is 6.42 Å². The molecule has 0 saturated heterocycles. The number of rotatable bonds is 33. The van der Waals surface area contributed by atoms with Crippen LogP contribution in [0.2, 0.25) is 0 Å². The summed E-state index contributed by atoms with van der Waals surface area (Å²) in [6, 6.07) is -1.05. The molecular formula is C37H71NO5S. The molecule has 7 heteroatoms. The molecular weight excluding hydrogens is 570 g/mol. The second-order valence-corrected chi connectivity index (χ2v) is 14.4. The fourth-order valence-electron chi connectivity index (χ4n) is 5.56. The van der Waals surface area contributed by atoms with Crippen LogP contribution in [0.1, 0.15) is 187 Å². The second-order valence-electron chi connectivity index (χ2n) is 12.9. The van der Waals surface area contributed by atoms with Crippen LogP contribution in [0.25, 0.3) is 0 Å². The van der Waals surface area contributed by atoms with Crippen molar-refractivity contribution < 1.29 is 22.9 Å². The van der Waals surface area contributed by atoms with Crippen molar-refractivity contribution in [1.82, 2.24) is 5.32 Å². The number of hydrogen-bond donors (Lipinski definition) is 3. The van der Waals surface area contributed by atoms with Crippen LogP contribution in [0.15, 0.2) is 24.3 Å². The maximum absolute atomic E-state index is 12.4. The molecule has 0 aromatic heterocycles. The van der Waals surface area contributed by atoms with Gasteiger partial charge < -0.3 is 10.4 Å². The standard InChI is InChI=1S/C37H71NO5S/c1-3-5-7-9-11-13-14-15-16-17-18-19-20-21-22-23-24-25-27-29-31-33-37(40)38-35(34-44(41,42)43)36(39)32-30-28-26-12-10-8-6-4-2/h17-18,30,32,35-36,39H,3-16,19-29,31,33-34H2,1-2H3,(H,38,40)(H,41,42,43)/b18-17-,32-30+. The van der Waals surface area contributed by atoms with Gasteiger partial charge in [0.05, 0.1) is 17.9 Å². The number of unbranched alkanes of at least 4 members (excludes halogenated alkanes) is 23. The Balaban J connectivity index is 3.82. The third kappa shape index (κ3) is 32.2. The lowest BCUT2D eigenvalue weighted by atomic mass is 10.0. The summed E-state index contributed by atoms with van der Waals surface area (Å²) in [7, 11) is -4.33. The largest absolute Gasteiger partial charge is 0.387 e. The third-order valence-electron chi connectivity index (χ3n) is 8.37. The highest BCUT2D eigenvalue weighted by molar-refractivity contribution is 7.85. The molecule has 260 valence electrons. The fraction of sp³-hybridized carbons (Fsp3) is 0.865. The molecule has 0 aliphatic rings. The Labute approximate surface area is 273 Å². The topological polar surface area (TPSA) is 104 Å². The van der Waals surface area contributed by atoms with E-state index in [9.17, 15) is 22.9 Å². The smallest absolute Gasteiger partial charge is 0.267 e. The average molecular weight is 642 g/mol. The first kappa shape index (κ1) is 42.8. The lowest BCUT2D eigenvalue weighted by molar-refractivity contribution is -0.122. The summed E-state index contributed by atoms with van der Waals surface area (Å²) in [5, 5.41) is 13.1. The summed E-state index contributed by atoms with van der Waals surface area (Å²) >= 11 is 0. The van der Waals surface area contributed by atoms with Crippen molar-refractivity contribution in [2.24, 2.45) is 0 Å². The van der Waals surface area contributed by atoms with E-state index in [1.54, 1.807) is 0 Å². The Morgan fingerprint density at radius 1 is 0.591 bits per heavy atom. The molecule has 0 bridgehead atoms. The van der Waals surface area contributed by atoms with Gasteiger partial charge in [0.25, 0.3) is 10.1 Å². The minimum atomic E-state index is -4.33. The zero-order valence-corrected chi connectivity index (χ0v) is 29.6. The van der Waals surface area contributed by atoms with Gasteiger partial charge in [-0.25, -0.2) is 0 Å². The number of carbonyl (C=O) groups excluding carboxylic acids is 1. The molecule has 0 aliphatic heterocycles. The van der Waals surface area contributed by atoms with Crippen LogP contribution in [0.5, 0.6) is 0 Å². The molecule has 0 aromatic rings. The molecule has 0 spiro atoms. The number of hydrogen-bond acceptors (Lipinski definition) is 4. The summed E-state index contributed by atoms with van der Waals surface area (Å²) in [5.41, 5.74) is 0. The van der Waals surface area contributed by atoms with Gasteiger partial charge in [0.15, 0.2) is 0 Å². The van der Waals surface area contributed by atoms with Crippen LogP contribution in [0.4, 0.5) is 0 Å². The number of nitrogens with one attached hydrogen (secondary N) is 1. The molecule has 0 rings (SSSR count). The minimum Gasteiger partial charge on any atom is -0.387 e. The summed E-state index contributed by atoms with van der Waals surface area (Å²) < 4.78 is 32.2.